The topological polar surface area (TPSA) is 58.2 Å². The van der Waals surface area contributed by atoms with Crippen LogP contribution < -0.4 is 10.6 Å². The van der Waals surface area contributed by atoms with Crippen LogP contribution in [0.15, 0.2) is 24.3 Å². The van der Waals surface area contributed by atoms with Crippen molar-refractivity contribution in [3.63, 3.8) is 0 Å². The molecule has 0 aliphatic heterocycles. The molecule has 1 rings (SSSR count). The summed E-state index contributed by atoms with van der Waals surface area (Å²) in [6.07, 6.45) is 5.14. The molecule has 0 unspecified atom stereocenters. The van der Waals surface area contributed by atoms with Crippen LogP contribution in [0.2, 0.25) is 0 Å². The van der Waals surface area contributed by atoms with Gasteiger partial charge in [0.05, 0.1) is 6.54 Å². The molecule has 2 amide bonds. The molecule has 0 atom stereocenters. The largest absolute Gasteiger partial charge is 0.343 e. The Balaban J connectivity index is 2.53. The SMILES string of the molecule is CCC/C=C/C(=O)NCC(=O)Nc1c(C)cc(C)cc1C. The Hall–Kier alpha value is -2.10. The van der Waals surface area contributed by atoms with Crippen molar-refractivity contribution in [3.8, 4) is 0 Å². The molecule has 0 bridgehead atoms. The van der Waals surface area contributed by atoms with Crippen molar-refractivity contribution in [2.45, 2.75) is 40.5 Å². The van der Waals surface area contributed by atoms with Gasteiger partial charge in [0.15, 0.2) is 0 Å². The maximum Gasteiger partial charge on any atom is 0.244 e. The van der Waals surface area contributed by atoms with Gasteiger partial charge < -0.3 is 10.6 Å². The molecule has 4 nitrogen and oxygen atoms in total. The second-order valence-corrected chi connectivity index (χ2v) is 5.23. The number of amides is 2. The fraction of sp³-hybridized carbons (Fsp3) is 0.412. The molecule has 1 aromatic rings. The van der Waals surface area contributed by atoms with E-state index in [-0.39, 0.29) is 18.4 Å². The average Bonchev–Trinajstić information content (AvgIpc) is 2.41. The van der Waals surface area contributed by atoms with Crippen molar-refractivity contribution in [2.24, 2.45) is 0 Å². The van der Waals surface area contributed by atoms with Gasteiger partial charge in [0.1, 0.15) is 0 Å². The van der Waals surface area contributed by atoms with Crippen molar-refractivity contribution in [1.29, 1.82) is 0 Å². The molecule has 0 aliphatic carbocycles. The van der Waals surface area contributed by atoms with Crippen molar-refractivity contribution in [3.05, 3.63) is 41.0 Å². The third-order valence-electron chi connectivity index (χ3n) is 3.09. The van der Waals surface area contributed by atoms with Crippen LogP contribution in [0.3, 0.4) is 0 Å². The fourth-order valence-corrected chi connectivity index (χ4v) is 2.14. The third kappa shape index (κ3) is 5.81. The first-order chi connectivity index (χ1) is 9.93. The van der Waals surface area contributed by atoms with Gasteiger partial charge in [-0.3, -0.25) is 9.59 Å². The zero-order valence-corrected chi connectivity index (χ0v) is 13.2. The summed E-state index contributed by atoms with van der Waals surface area (Å²) < 4.78 is 0. The van der Waals surface area contributed by atoms with Gasteiger partial charge >= 0.3 is 0 Å². The van der Waals surface area contributed by atoms with E-state index in [9.17, 15) is 9.59 Å². The van der Waals surface area contributed by atoms with Gasteiger partial charge in [-0.05, 0) is 44.4 Å². The van der Waals surface area contributed by atoms with Gasteiger partial charge in [0.2, 0.25) is 11.8 Å². The van der Waals surface area contributed by atoms with Crippen LogP contribution in [-0.2, 0) is 9.59 Å². The maximum absolute atomic E-state index is 11.9. The average molecular weight is 288 g/mol. The Labute approximate surface area is 126 Å². The Bertz CT molecular complexity index is 525. The van der Waals surface area contributed by atoms with Gasteiger partial charge in [0, 0.05) is 5.69 Å². The van der Waals surface area contributed by atoms with Crippen molar-refractivity contribution in [2.75, 3.05) is 11.9 Å². The van der Waals surface area contributed by atoms with Gasteiger partial charge in [-0.1, -0.05) is 37.1 Å². The van der Waals surface area contributed by atoms with Gasteiger partial charge in [-0.2, -0.15) is 0 Å². The zero-order chi connectivity index (χ0) is 15.8. The Kier molecular flexibility index (Phi) is 6.66. The lowest BCUT2D eigenvalue weighted by Gasteiger charge is -2.13. The summed E-state index contributed by atoms with van der Waals surface area (Å²) in [4.78, 5) is 23.4. The molecular formula is C17H24N2O2. The number of carbonyl (C=O) groups excluding carboxylic acids is 2. The Morgan fingerprint density at radius 1 is 1.14 bits per heavy atom. The minimum absolute atomic E-state index is 0.0257. The second-order valence-electron chi connectivity index (χ2n) is 5.23. The summed E-state index contributed by atoms with van der Waals surface area (Å²) >= 11 is 0. The fourth-order valence-electron chi connectivity index (χ4n) is 2.14. The van der Waals surface area contributed by atoms with E-state index in [0.717, 1.165) is 35.2 Å². The first-order valence-corrected chi connectivity index (χ1v) is 7.26. The van der Waals surface area contributed by atoms with Crippen LogP contribution in [0.1, 0.15) is 36.5 Å². The normalized spacial score (nSPS) is 10.7. The number of hydrogen-bond acceptors (Lipinski definition) is 2. The van der Waals surface area contributed by atoms with E-state index < -0.39 is 0 Å². The molecule has 0 saturated carbocycles. The predicted octanol–water partition coefficient (Wildman–Crippen LogP) is 3.02. The van der Waals surface area contributed by atoms with E-state index >= 15 is 0 Å². The Morgan fingerprint density at radius 3 is 2.33 bits per heavy atom. The molecule has 2 N–H and O–H groups in total. The summed E-state index contributed by atoms with van der Waals surface area (Å²) in [5, 5.41) is 5.42. The number of benzene rings is 1. The van der Waals surface area contributed by atoms with E-state index in [1.807, 2.05) is 45.9 Å². The molecule has 0 saturated heterocycles. The highest BCUT2D eigenvalue weighted by atomic mass is 16.2. The van der Waals surface area contributed by atoms with Crippen LogP contribution in [0.4, 0.5) is 5.69 Å². The smallest absolute Gasteiger partial charge is 0.244 e. The number of unbranched alkanes of at least 4 members (excludes halogenated alkanes) is 1. The molecule has 0 fully saturated rings. The minimum Gasteiger partial charge on any atom is -0.343 e. The van der Waals surface area contributed by atoms with E-state index in [2.05, 4.69) is 10.6 Å². The maximum atomic E-state index is 11.9. The highest BCUT2D eigenvalue weighted by molar-refractivity contribution is 5.97. The quantitative estimate of drug-likeness (QED) is 0.791. The molecule has 0 spiro atoms. The summed E-state index contributed by atoms with van der Waals surface area (Å²) in [5.74, 6) is -0.460. The summed E-state index contributed by atoms with van der Waals surface area (Å²) in [7, 11) is 0. The number of carbonyl (C=O) groups is 2. The monoisotopic (exact) mass is 288 g/mol. The number of allylic oxidation sites excluding steroid dienone is 1. The van der Waals surface area contributed by atoms with Crippen molar-refractivity contribution in [1.82, 2.24) is 5.32 Å². The number of rotatable bonds is 6. The van der Waals surface area contributed by atoms with Crippen LogP contribution in [0, 0.1) is 20.8 Å². The number of aryl methyl sites for hydroxylation is 3. The van der Waals surface area contributed by atoms with Crippen molar-refractivity contribution < 1.29 is 9.59 Å². The highest BCUT2D eigenvalue weighted by Crippen LogP contribution is 2.21. The van der Waals surface area contributed by atoms with E-state index in [0.29, 0.717) is 0 Å². The molecule has 0 aromatic heterocycles. The number of nitrogens with one attached hydrogen (secondary N) is 2. The van der Waals surface area contributed by atoms with Crippen LogP contribution in [0.5, 0.6) is 0 Å². The number of anilines is 1. The second kappa shape index (κ2) is 8.25. The van der Waals surface area contributed by atoms with Gasteiger partial charge in [0.25, 0.3) is 0 Å². The van der Waals surface area contributed by atoms with E-state index in [1.54, 1.807) is 0 Å². The summed E-state index contributed by atoms with van der Waals surface area (Å²) in [5.41, 5.74) is 4.03. The Morgan fingerprint density at radius 2 is 1.76 bits per heavy atom. The molecule has 114 valence electrons. The first kappa shape index (κ1) is 17.0. The minimum atomic E-state index is -0.240. The lowest BCUT2D eigenvalue weighted by atomic mass is 10.1. The van der Waals surface area contributed by atoms with Crippen LogP contribution in [0.25, 0.3) is 0 Å². The number of hydrogen-bond donors (Lipinski definition) is 2. The van der Waals surface area contributed by atoms with E-state index in [1.165, 1.54) is 6.08 Å². The standard InChI is InChI=1S/C17H24N2O2/c1-5-6-7-8-15(20)18-11-16(21)19-17-13(3)9-12(2)10-14(17)4/h7-10H,5-6,11H2,1-4H3,(H,18,20)(H,19,21)/b8-7+. The molecule has 0 heterocycles. The molecular weight excluding hydrogens is 264 g/mol. The van der Waals surface area contributed by atoms with Crippen LogP contribution in [-0.4, -0.2) is 18.4 Å². The molecule has 1 aromatic carbocycles. The van der Waals surface area contributed by atoms with E-state index in [4.69, 9.17) is 0 Å². The third-order valence-corrected chi connectivity index (χ3v) is 3.09. The summed E-state index contributed by atoms with van der Waals surface area (Å²) in [6.45, 7) is 7.96. The summed E-state index contributed by atoms with van der Waals surface area (Å²) in [6, 6.07) is 4.05. The molecule has 21 heavy (non-hydrogen) atoms. The molecule has 0 aliphatic rings. The predicted molar refractivity (Wildman–Crippen MR) is 86.3 cm³/mol. The van der Waals surface area contributed by atoms with Crippen LogP contribution >= 0.6 is 0 Å². The van der Waals surface area contributed by atoms with Crippen molar-refractivity contribution >= 4 is 17.5 Å². The molecule has 0 radical (unpaired) electrons. The molecule has 4 heteroatoms. The highest BCUT2D eigenvalue weighted by Gasteiger charge is 2.08. The first-order valence-electron chi connectivity index (χ1n) is 7.26. The lowest BCUT2D eigenvalue weighted by molar-refractivity contribution is -0.121. The van der Waals surface area contributed by atoms with Gasteiger partial charge in [-0.15, -0.1) is 0 Å². The lowest BCUT2D eigenvalue weighted by Crippen LogP contribution is -2.32. The van der Waals surface area contributed by atoms with Gasteiger partial charge in [-0.25, -0.2) is 0 Å². The zero-order valence-electron chi connectivity index (χ0n) is 13.2.